The van der Waals surface area contributed by atoms with Gasteiger partial charge in [-0.3, -0.25) is 14.9 Å². The quantitative estimate of drug-likeness (QED) is 0.689. The summed E-state index contributed by atoms with van der Waals surface area (Å²) in [5, 5.41) is 8.20. The smallest absolute Gasteiger partial charge is 0.255 e. The number of carbonyl (C=O) groups is 1. The number of nitrogens with one attached hydrogen (secondary N) is 1. The number of H-pyrrole nitrogens is 1. The molecule has 1 amide bonds. The highest BCUT2D eigenvalue weighted by atomic mass is 35.5. The van der Waals surface area contributed by atoms with Crippen LogP contribution in [-0.2, 0) is 6.42 Å². The van der Waals surface area contributed by atoms with Crippen LogP contribution in [0.5, 0.6) is 5.75 Å². The van der Waals surface area contributed by atoms with Crippen molar-refractivity contribution in [1.29, 1.82) is 0 Å². The Morgan fingerprint density at radius 2 is 2.21 bits per heavy atom. The second-order valence-electron chi connectivity index (χ2n) is 6.85. The van der Waals surface area contributed by atoms with Crippen LogP contribution < -0.4 is 4.74 Å². The maximum absolute atomic E-state index is 12.6. The molecule has 144 valence electrons. The van der Waals surface area contributed by atoms with Crippen molar-refractivity contribution < 1.29 is 9.53 Å². The Kier molecular flexibility index (Phi) is 5.58. The number of pyridine rings is 1. The van der Waals surface area contributed by atoms with Gasteiger partial charge in [-0.05, 0) is 42.8 Å². The summed E-state index contributed by atoms with van der Waals surface area (Å²) in [6.07, 6.45) is 4.92. The van der Waals surface area contributed by atoms with Crippen LogP contribution in [0.2, 0.25) is 5.02 Å². The van der Waals surface area contributed by atoms with Crippen molar-refractivity contribution in [3.05, 3.63) is 76.8 Å². The SMILES string of the molecule is O=C(c1cccnc1)N1CC[C@H](c2cc(CCOc3cccc(Cl)c3)[nH]n2)C1. The van der Waals surface area contributed by atoms with E-state index in [2.05, 4.69) is 21.2 Å². The van der Waals surface area contributed by atoms with Crippen LogP contribution in [0.4, 0.5) is 0 Å². The molecule has 1 atom stereocenters. The van der Waals surface area contributed by atoms with Gasteiger partial charge in [0.05, 0.1) is 17.9 Å². The van der Waals surface area contributed by atoms with Crippen LogP contribution >= 0.6 is 11.6 Å². The summed E-state index contributed by atoms with van der Waals surface area (Å²) in [5.41, 5.74) is 2.65. The number of aromatic amines is 1. The normalized spacial score (nSPS) is 16.3. The number of halogens is 1. The molecule has 1 aliphatic rings. The van der Waals surface area contributed by atoms with E-state index in [1.807, 2.05) is 23.1 Å². The Labute approximate surface area is 168 Å². The van der Waals surface area contributed by atoms with Crippen molar-refractivity contribution in [3.63, 3.8) is 0 Å². The number of ether oxygens (including phenoxy) is 1. The zero-order valence-corrected chi connectivity index (χ0v) is 16.1. The number of benzene rings is 1. The fourth-order valence-electron chi connectivity index (χ4n) is 3.41. The zero-order chi connectivity index (χ0) is 19.3. The Bertz CT molecular complexity index is 944. The molecule has 3 heterocycles. The van der Waals surface area contributed by atoms with E-state index in [1.54, 1.807) is 30.6 Å². The monoisotopic (exact) mass is 396 g/mol. The summed E-state index contributed by atoms with van der Waals surface area (Å²) in [5.74, 6) is 1.04. The highest BCUT2D eigenvalue weighted by Crippen LogP contribution is 2.27. The van der Waals surface area contributed by atoms with Crippen LogP contribution in [0, 0.1) is 0 Å². The standard InChI is InChI=1S/C21H21ClN4O2/c22-17-4-1-5-19(11-17)28-10-7-18-12-20(25-24-18)16-6-9-26(14-16)21(27)15-3-2-8-23-13-15/h1-5,8,11-13,16H,6-7,9-10,14H2,(H,24,25)/t16-/m0/s1. The molecule has 4 rings (SSSR count). The molecule has 7 heteroatoms. The summed E-state index contributed by atoms with van der Waals surface area (Å²) >= 11 is 5.96. The van der Waals surface area contributed by atoms with Gasteiger partial charge in [-0.25, -0.2) is 0 Å². The van der Waals surface area contributed by atoms with Crippen molar-refractivity contribution >= 4 is 17.5 Å². The molecule has 6 nitrogen and oxygen atoms in total. The van der Waals surface area contributed by atoms with E-state index >= 15 is 0 Å². The van der Waals surface area contributed by atoms with E-state index in [0.717, 1.165) is 36.5 Å². The van der Waals surface area contributed by atoms with Gasteiger partial charge in [0.2, 0.25) is 0 Å². The molecule has 0 aliphatic carbocycles. The number of nitrogens with zero attached hydrogens (tertiary/aromatic N) is 3. The first-order valence-electron chi connectivity index (χ1n) is 9.31. The first-order chi connectivity index (χ1) is 13.7. The lowest BCUT2D eigenvalue weighted by Gasteiger charge is -2.15. The molecule has 0 unspecified atom stereocenters. The molecule has 1 aliphatic heterocycles. The number of aromatic nitrogens is 3. The Morgan fingerprint density at radius 1 is 1.29 bits per heavy atom. The van der Waals surface area contributed by atoms with Gasteiger partial charge in [0.1, 0.15) is 5.75 Å². The van der Waals surface area contributed by atoms with Crippen molar-refractivity contribution in [2.45, 2.75) is 18.8 Å². The van der Waals surface area contributed by atoms with Crippen LogP contribution in [0.3, 0.4) is 0 Å². The maximum atomic E-state index is 12.6. The maximum Gasteiger partial charge on any atom is 0.255 e. The van der Waals surface area contributed by atoms with E-state index in [9.17, 15) is 4.79 Å². The van der Waals surface area contributed by atoms with Crippen molar-refractivity contribution in [3.8, 4) is 5.75 Å². The van der Waals surface area contributed by atoms with Gasteiger partial charge in [0.15, 0.2) is 0 Å². The summed E-state index contributed by atoms with van der Waals surface area (Å²) in [6.45, 7) is 1.95. The average molecular weight is 397 g/mol. The molecule has 1 N–H and O–H groups in total. The highest BCUT2D eigenvalue weighted by molar-refractivity contribution is 6.30. The second-order valence-corrected chi connectivity index (χ2v) is 7.29. The van der Waals surface area contributed by atoms with Crippen molar-refractivity contribution in [2.75, 3.05) is 19.7 Å². The number of amides is 1. The van der Waals surface area contributed by atoms with Gasteiger partial charge in [-0.15, -0.1) is 0 Å². The van der Waals surface area contributed by atoms with Gasteiger partial charge < -0.3 is 9.64 Å². The molecule has 1 saturated heterocycles. The number of rotatable bonds is 6. The van der Waals surface area contributed by atoms with E-state index in [0.29, 0.717) is 23.7 Å². The summed E-state index contributed by atoms with van der Waals surface area (Å²) in [7, 11) is 0. The Hall–Kier alpha value is -2.86. The molecule has 2 aromatic heterocycles. The lowest BCUT2D eigenvalue weighted by molar-refractivity contribution is 0.0790. The summed E-state index contributed by atoms with van der Waals surface area (Å²) in [6, 6.07) is 13.0. The van der Waals surface area contributed by atoms with E-state index in [4.69, 9.17) is 16.3 Å². The van der Waals surface area contributed by atoms with E-state index in [1.165, 1.54) is 0 Å². The van der Waals surface area contributed by atoms with Gasteiger partial charge >= 0.3 is 0 Å². The molecule has 0 spiro atoms. The number of carbonyl (C=O) groups excluding carboxylic acids is 1. The van der Waals surface area contributed by atoms with Crippen LogP contribution in [0.25, 0.3) is 0 Å². The third kappa shape index (κ3) is 4.34. The Morgan fingerprint density at radius 3 is 3.04 bits per heavy atom. The van der Waals surface area contributed by atoms with Gasteiger partial charge in [0, 0.05) is 48.5 Å². The molecule has 0 radical (unpaired) electrons. The largest absolute Gasteiger partial charge is 0.493 e. The van der Waals surface area contributed by atoms with Gasteiger partial charge in [-0.1, -0.05) is 17.7 Å². The van der Waals surface area contributed by atoms with E-state index in [-0.39, 0.29) is 11.8 Å². The Balaban J connectivity index is 1.30. The first-order valence-corrected chi connectivity index (χ1v) is 9.69. The molecule has 3 aromatic rings. The lowest BCUT2D eigenvalue weighted by atomic mass is 10.0. The predicted molar refractivity (Wildman–Crippen MR) is 107 cm³/mol. The third-order valence-corrected chi connectivity index (χ3v) is 5.12. The minimum absolute atomic E-state index is 0.0290. The highest BCUT2D eigenvalue weighted by Gasteiger charge is 2.29. The van der Waals surface area contributed by atoms with Crippen LogP contribution in [0.15, 0.2) is 54.9 Å². The molecule has 28 heavy (non-hydrogen) atoms. The molecule has 0 saturated carbocycles. The van der Waals surface area contributed by atoms with Gasteiger partial charge in [0.25, 0.3) is 5.91 Å². The van der Waals surface area contributed by atoms with Crippen molar-refractivity contribution in [2.24, 2.45) is 0 Å². The molecule has 1 aromatic carbocycles. The number of hydrogen-bond acceptors (Lipinski definition) is 4. The first kappa shape index (κ1) is 18.5. The average Bonchev–Trinajstić information content (AvgIpc) is 3.38. The van der Waals surface area contributed by atoms with Crippen LogP contribution in [0.1, 0.15) is 34.1 Å². The minimum atomic E-state index is 0.0290. The summed E-state index contributed by atoms with van der Waals surface area (Å²) in [4.78, 5) is 18.5. The molecular weight excluding hydrogens is 376 g/mol. The fraction of sp³-hybridized carbons (Fsp3) is 0.286. The van der Waals surface area contributed by atoms with E-state index < -0.39 is 0 Å². The molecule has 0 bridgehead atoms. The zero-order valence-electron chi connectivity index (χ0n) is 15.3. The second kappa shape index (κ2) is 8.44. The lowest BCUT2D eigenvalue weighted by Crippen LogP contribution is -2.28. The van der Waals surface area contributed by atoms with Gasteiger partial charge in [-0.2, -0.15) is 5.10 Å². The number of hydrogen-bond donors (Lipinski definition) is 1. The van der Waals surface area contributed by atoms with Crippen LogP contribution in [-0.4, -0.2) is 45.7 Å². The topological polar surface area (TPSA) is 71.1 Å². The third-order valence-electron chi connectivity index (χ3n) is 4.89. The molecule has 1 fully saturated rings. The molecular formula is C21H21ClN4O2. The van der Waals surface area contributed by atoms with Crippen molar-refractivity contribution in [1.82, 2.24) is 20.1 Å². The number of likely N-dealkylation sites (tertiary alicyclic amines) is 1. The fourth-order valence-corrected chi connectivity index (χ4v) is 3.59. The minimum Gasteiger partial charge on any atom is -0.493 e. The predicted octanol–water partition coefficient (Wildman–Crippen LogP) is 3.71. The summed E-state index contributed by atoms with van der Waals surface area (Å²) < 4.78 is 5.73.